The van der Waals surface area contributed by atoms with Crippen LogP contribution < -0.4 is 5.32 Å². The smallest absolute Gasteiger partial charge is 0.0312 e. The summed E-state index contributed by atoms with van der Waals surface area (Å²) in [6.07, 6.45) is 3.79. The standard InChI is InChI=1S/C9H17N/c1-4-6-7-9(3)10-8-5-2/h9-10H,4,6-7H2,1-3H3/t9-/m1/s1. The van der Waals surface area contributed by atoms with E-state index in [2.05, 4.69) is 31.1 Å². The highest BCUT2D eigenvalue weighted by Gasteiger charge is 1.95. The topological polar surface area (TPSA) is 12.0 Å². The molecule has 0 radical (unpaired) electrons. The minimum Gasteiger partial charge on any atom is -0.343 e. The largest absolute Gasteiger partial charge is 0.343 e. The number of rotatable bonds is 4. The molecule has 58 valence electrons. The van der Waals surface area contributed by atoms with Gasteiger partial charge in [-0.15, -0.1) is 0 Å². The highest BCUT2D eigenvalue weighted by molar-refractivity contribution is 4.93. The molecular formula is C9H17N. The van der Waals surface area contributed by atoms with Gasteiger partial charge in [-0.25, -0.2) is 0 Å². The van der Waals surface area contributed by atoms with Crippen molar-refractivity contribution in [3.8, 4) is 12.0 Å². The van der Waals surface area contributed by atoms with Gasteiger partial charge in [0.1, 0.15) is 0 Å². The van der Waals surface area contributed by atoms with Gasteiger partial charge in [0.2, 0.25) is 0 Å². The van der Waals surface area contributed by atoms with Gasteiger partial charge in [-0.2, -0.15) is 0 Å². The molecule has 1 N–H and O–H groups in total. The van der Waals surface area contributed by atoms with Crippen LogP contribution in [0.5, 0.6) is 0 Å². The molecule has 0 amide bonds. The third-order valence-electron chi connectivity index (χ3n) is 1.43. The SMILES string of the molecule is CC#CN[C@H](C)CCCC. The first-order valence-electron chi connectivity index (χ1n) is 3.98. The Morgan fingerprint density at radius 3 is 2.70 bits per heavy atom. The van der Waals surface area contributed by atoms with E-state index in [-0.39, 0.29) is 0 Å². The van der Waals surface area contributed by atoms with Crippen molar-refractivity contribution in [2.24, 2.45) is 0 Å². The Bertz CT molecular complexity index is 118. The Morgan fingerprint density at radius 1 is 1.50 bits per heavy atom. The van der Waals surface area contributed by atoms with Gasteiger partial charge in [0, 0.05) is 12.1 Å². The first-order chi connectivity index (χ1) is 4.81. The maximum Gasteiger partial charge on any atom is 0.0312 e. The Labute approximate surface area is 64.2 Å². The van der Waals surface area contributed by atoms with Gasteiger partial charge in [-0.3, -0.25) is 0 Å². The van der Waals surface area contributed by atoms with E-state index < -0.39 is 0 Å². The number of unbranched alkanes of at least 4 members (excludes halogenated alkanes) is 1. The Balaban J connectivity index is 3.21. The van der Waals surface area contributed by atoms with Gasteiger partial charge >= 0.3 is 0 Å². The Kier molecular flexibility index (Phi) is 6.06. The summed E-state index contributed by atoms with van der Waals surface area (Å²) in [6, 6.07) is 3.41. The van der Waals surface area contributed by atoms with Crippen LogP contribution in [-0.2, 0) is 0 Å². The van der Waals surface area contributed by atoms with E-state index in [1.165, 1.54) is 19.3 Å². The molecular weight excluding hydrogens is 122 g/mol. The van der Waals surface area contributed by atoms with Crippen molar-refractivity contribution in [3.05, 3.63) is 0 Å². The van der Waals surface area contributed by atoms with Crippen molar-refractivity contribution in [3.63, 3.8) is 0 Å². The molecule has 0 saturated heterocycles. The fraction of sp³-hybridized carbons (Fsp3) is 0.778. The van der Waals surface area contributed by atoms with E-state index in [9.17, 15) is 0 Å². The van der Waals surface area contributed by atoms with Gasteiger partial charge < -0.3 is 5.32 Å². The third-order valence-corrected chi connectivity index (χ3v) is 1.43. The summed E-state index contributed by atoms with van der Waals surface area (Å²) in [5.74, 6) is 2.81. The van der Waals surface area contributed by atoms with Gasteiger partial charge in [0.15, 0.2) is 0 Å². The number of hydrogen-bond acceptors (Lipinski definition) is 1. The minimum atomic E-state index is 0.549. The first-order valence-corrected chi connectivity index (χ1v) is 3.98. The fourth-order valence-corrected chi connectivity index (χ4v) is 0.778. The molecule has 10 heavy (non-hydrogen) atoms. The lowest BCUT2D eigenvalue weighted by atomic mass is 10.1. The highest BCUT2D eigenvalue weighted by atomic mass is 14.9. The monoisotopic (exact) mass is 139 g/mol. The predicted molar refractivity (Wildman–Crippen MR) is 45.6 cm³/mol. The van der Waals surface area contributed by atoms with Crippen LogP contribution in [0.2, 0.25) is 0 Å². The van der Waals surface area contributed by atoms with Crippen LogP contribution in [0.1, 0.15) is 40.0 Å². The molecule has 1 nitrogen and oxygen atoms in total. The highest BCUT2D eigenvalue weighted by Crippen LogP contribution is 1.97. The quantitative estimate of drug-likeness (QED) is 0.465. The fourth-order valence-electron chi connectivity index (χ4n) is 0.778. The normalized spacial score (nSPS) is 11.5. The average Bonchev–Trinajstić information content (AvgIpc) is 1.97. The number of nitrogens with one attached hydrogen (secondary N) is 1. The van der Waals surface area contributed by atoms with Crippen LogP contribution in [0.3, 0.4) is 0 Å². The lowest BCUT2D eigenvalue weighted by Gasteiger charge is -2.07. The summed E-state index contributed by atoms with van der Waals surface area (Å²) in [4.78, 5) is 0. The zero-order valence-corrected chi connectivity index (χ0v) is 7.20. The second-order valence-electron chi connectivity index (χ2n) is 2.56. The van der Waals surface area contributed by atoms with Crippen molar-refractivity contribution in [2.45, 2.75) is 46.1 Å². The zero-order chi connectivity index (χ0) is 7.82. The van der Waals surface area contributed by atoms with Crippen LogP contribution in [0.15, 0.2) is 0 Å². The average molecular weight is 139 g/mol. The predicted octanol–water partition coefficient (Wildman–Crippen LogP) is 2.14. The van der Waals surface area contributed by atoms with Crippen molar-refractivity contribution in [1.82, 2.24) is 5.32 Å². The molecule has 0 heterocycles. The van der Waals surface area contributed by atoms with Gasteiger partial charge in [0.25, 0.3) is 0 Å². The summed E-state index contributed by atoms with van der Waals surface area (Å²) in [5.41, 5.74) is 0. The molecule has 1 heteroatoms. The summed E-state index contributed by atoms with van der Waals surface area (Å²) in [7, 11) is 0. The van der Waals surface area contributed by atoms with Gasteiger partial charge in [0.05, 0.1) is 0 Å². The summed E-state index contributed by atoms with van der Waals surface area (Å²) >= 11 is 0. The van der Waals surface area contributed by atoms with E-state index in [0.717, 1.165) is 0 Å². The van der Waals surface area contributed by atoms with Gasteiger partial charge in [-0.05, 0) is 20.3 Å². The summed E-state index contributed by atoms with van der Waals surface area (Å²) in [6.45, 7) is 6.22. The van der Waals surface area contributed by atoms with E-state index in [1.807, 2.05) is 6.92 Å². The van der Waals surface area contributed by atoms with Crippen LogP contribution >= 0.6 is 0 Å². The molecule has 0 rings (SSSR count). The van der Waals surface area contributed by atoms with Crippen LogP contribution in [0, 0.1) is 12.0 Å². The van der Waals surface area contributed by atoms with Crippen molar-refractivity contribution in [1.29, 1.82) is 0 Å². The van der Waals surface area contributed by atoms with E-state index in [0.29, 0.717) is 6.04 Å². The van der Waals surface area contributed by atoms with E-state index in [4.69, 9.17) is 0 Å². The van der Waals surface area contributed by atoms with E-state index >= 15 is 0 Å². The maximum atomic E-state index is 3.11. The summed E-state index contributed by atoms with van der Waals surface area (Å²) < 4.78 is 0. The molecule has 0 aromatic carbocycles. The van der Waals surface area contributed by atoms with Crippen molar-refractivity contribution < 1.29 is 0 Å². The van der Waals surface area contributed by atoms with Gasteiger partial charge in [-0.1, -0.05) is 25.7 Å². The molecule has 0 fully saturated rings. The number of hydrogen-bond donors (Lipinski definition) is 1. The first kappa shape index (κ1) is 9.36. The van der Waals surface area contributed by atoms with Crippen molar-refractivity contribution in [2.75, 3.05) is 0 Å². The Hall–Kier alpha value is -0.640. The molecule has 0 aromatic rings. The maximum absolute atomic E-state index is 3.11. The molecule has 0 aliphatic rings. The van der Waals surface area contributed by atoms with Crippen LogP contribution in [-0.4, -0.2) is 6.04 Å². The van der Waals surface area contributed by atoms with Crippen LogP contribution in [0.25, 0.3) is 0 Å². The molecule has 0 aliphatic heterocycles. The third kappa shape index (κ3) is 5.50. The van der Waals surface area contributed by atoms with E-state index in [1.54, 1.807) is 0 Å². The lowest BCUT2D eigenvalue weighted by molar-refractivity contribution is 0.564. The molecule has 0 aromatic heterocycles. The molecule has 0 spiro atoms. The summed E-state index contributed by atoms with van der Waals surface area (Å²) in [5, 5.41) is 3.11. The second-order valence-corrected chi connectivity index (χ2v) is 2.56. The molecule has 0 unspecified atom stereocenters. The van der Waals surface area contributed by atoms with Crippen LogP contribution in [0.4, 0.5) is 0 Å². The minimum absolute atomic E-state index is 0.549. The Morgan fingerprint density at radius 2 is 2.20 bits per heavy atom. The molecule has 0 bridgehead atoms. The second kappa shape index (κ2) is 6.48. The zero-order valence-electron chi connectivity index (χ0n) is 7.20. The molecule has 1 atom stereocenters. The lowest BCUT2D eigenvalue weighted by Crippen LogP contribution is -2.20. The van der Waals surface area contributed by atoms with Crippen molar-refractivity contribution >= 4 is 0 Å². The molecule has 0 aliphatic carbocycles. The molecule has 0 saturated carbocycles.